The SMILES string of the molecule is CN(Cc1cnc2ccccn12)C(=O)C1(Oc2ccc(Cl)cc2)CCNCC1.Cl.Cl. The highest BCUT2D eigenvalue weighted by atomic mass is 35.5. The molecule has 0 spiro atoms. The minimum Gasteiger partial charge on any atom is -0.477 e. The maximum Gasteiger partial charge on any atom is 0.266 e. The second-order valence-corrected chi connectivity index (χ2v) is 7.58. The fourth-order valence-corrected chi connectivity index (χ4v) is 3.81. The molecular weight excluding hydrogens is 447 g/mol. The van der Waals surface area contributed by atoms with Crippen LogP contribution in [-0.2, 0) is 11.3 Å². The van der Waals surface area contributed by atoms with Crippen molar-refractivity contribution in [3.05, 3.63) is 65.6 Å². The standard InChI is InChI=1S/C21H23ClN4O2.2ClH/c1-25(15-17-14-24-19-4-2-3-13-26(17)19)20(27)21(9-11-23-12-10-21)28-18-7-5-16(22)6-8-18;;/h2-8,13-14,23H,9-12,15H2,1H3;2*1H. The molecule has 0 unspecified atom stereocenters. The van der Waals surface area contributed by atoms with Crippen LogP contribution >= 0.6 is 36.4 Å². The monoisotopic (exact) mass is 470 g/mol. The summed E-state index contributed by atoms with van der Waals surface area (Å²) in [6, 6.07) is 13.0. The van der Waals surface area contributed by atoms with Crippen LogP contribution in [0.25, 0.3) is 5.65 Å². The summed E-state index contributed by atoms with van der Waals surface area (Å²) < 4.78 is 8.27. The van der Waals surface area contributed by atoms with Crippen molar-refractivity contribution in [3.8, 4) is 5.75 Å². The largest absolute Gasteiger partial charge is 0.477 e. The number of nitrogens with zero attached hydrogens (tertiary/aromatic N) is 3. The number of carbonyl (C=O) groups is 1. The number of imidazole rings is 1. The number of hydrogen-bond donors (Lipinski definition) is 1. The van der Waals surface area contributed by atoms with Crippen LogP contribution in [0.3, 0.4) is 0 Å². The normalized spacial score (nSPS) is 15.0. The molecular formula is C21H25Cl3N4O2. The Bertz CT molecular complexity index is 972. The molecule has 0 aliphatic carbocycles. The van der Waals surface area contributed by atoms with Crippen molar-refractivity contribution in [2.75, 3.05) is 20.1 Å². The highest BCUT2D eigenvalue weighted by molar-refractivity contribution is 6.30. The Morgan fingerprint density at radius 2 is 1.90 bits per heavy atom. The van der Waals surface area contributed by atoms with E-state index < -0.39 is 5.60 Å². The Balaban J connectivity index is 0.00000160. The summed E-state index contributed by atoms with van der Waals surface area (Å²) in [6.07, 6.45) is 5.01. The molecule has 30 heavy (non-hydrogen) atoms. The number of pyridine rings is 1. The number of piperidine rings is 1. The Labute approximate surface area is 193 Å². The van der Waals surface area contributed by atoms with E-state index in [-0.39, 0.29) is 30.7 Å². The van der Waals surface area contributed by atoms with Gasteiger partial charge in [-0.1, -0.05) is 17.7 Å². The van der Waals surface area contributed by atoms with Gasteiger partial charge in [0.2, 0.25) is 0 Å². The Hall–Kier alpha value is -1.99. The lowest BCUT2D eigenvalue weighted by Crippen LogP contribution is -2.56. The molecule has 1 fully saturated rings. The zero-order valence-corrected chi connectivity index (χ0v) is 19.0. The smallest absolute Gasteiger partial charge is 0.266 e. The van der Waals surface area contributed by atoms with Crippen LogP contribution in [0.5, 0.6) is 5.75 Å². The third-order valence-electron chi connectivity index (χ3n) is 5.17. The van der Waals surface area contributed by atoms with Gasteiger partial charge in [-0.05, 0) is 49.5 Å². The van der Waals surface area contributed by atoms with Crippen LogP contribution in [0.15, 0.2) is 54.9 Å². The second kappa shape index (κ2) is 10.4. The van der Waals surface area contributed by atoms with Gasteiger partial charge in [-0.15, -0.1) is 24.8 Å². The number of likely N-dealkylation sites (N-methyl/N-ethyl adjacent to an activating group) is 1. The van der Waals surface area contributed by atoms with Gasteiger partial charge in [0.05, 0.1) is 18.4 Å². The predicted molar refractivity (Wildman–Crippen MR) is 123 cm³/mol. The molecule has 1 N–H and O–H groups in total. The molecule has 9 heteroatoms. The molecule has 3 aromatic rings. The van der Waals surface area contributed by atoms with Crippen molar-refractivity contribution >= 4 is 48.0 Å². The summed E-state index contributed by atoms with van der Waals surface area (Å²) in [6.45, 7) is 1.94. The summed E-state index contributed by atoms with van der Waals surface area (Å²) in [5, 5.41) is 3.95. The Kier molecular flexibility index (Phi) is 8.38. The van der Waals surface area contributed by atoms with Crippen LogP contribution < -0.4 is 10.1 Å². The van der Waals surface area contributed by atoms with Crippen LogP contribution in [0, 0.1) is 0 Å². The quantitative estimate of drug-likeness (QED) is 0.611. The van der Waals surface area contributed by atoms with Crippen molar-refractivity contribution < 1.29 is 9.53 Å². The first kappa shape index (κ1) is 24.3. The average Bonchev–Trinajstić information content (AvgIpc) is 3.13. The van der Waals surface area contributed by atoms with Crippen LogP contribution in [-0.4, -0.2) is 45.9 Å². The number of ether oxygens (including phenoxy) is 1. The maximum atomic E-state index is 13.5. The predicted octanol–water partition coefficient (Wildman–Crippen LogP) is 3.99. The molecule has 6 nitrogen and oxygen atoms in total. The second-order valence-electron chi connectivity index (χ2n) is 7.14. The topological polar surface area (TPSA) is 58.9 Å². The van der Waals surface area contributed by atoms with Crippen LogP contribution in [0.4, 0.5) is 0 Å². The van der Waals surface area contributed by atoms with Gasteiger partial charge in [0.25, 0.3) is 5.91 Å². The van der Waals surface area contributed by atoms with Gasteiger partial charge in [-0.3, -0.25) is 4.79 Å². The lowest BCUT2D eigenvalue weighted by molar-refractivity contribution is -0.150. The number of amides is 1. The van der Waals surface area contributed by atoms with Gasteiger partial charge >= 0.3 is 0 Å². The highest BCUT2D eigenvalue weighted by Gasteiger charge is 2.44. The van der Waals surface area contributed by atoms with Crippen molar-refractivity contribution in [1.82, 2.24) is 19.6 Å². The number of fused-ring (bicyclic) bond motifs is 1. The van der Waals surface area contributed by atoms with E-state index in [1.165, 1.54) is 0 Å². The molecule has 4 rings (SSSR count). The van der Waals surface area contributed by atoms with Gasteiger partial charge < -0.3 is 19.4 Å². The van der Waals surface area contributed by atoms with Crippen molar-refractivity contribution in [2.45, 2.75) is 25.0 Å². The molecule has 1 saturated heterocycles. The first-order chi connectivity index (χ1) is 13.6. The van der Waals surface area contributed by atoms with E-state index in [4.69, 9.17) is 16.3 Å². The number of halogens is 3. The molecule has 1 aliphatic rings. The molecule has 1 aromatic carbocycles. The summed E-state index contributed by atoms with van der Waals surface area (Å²) in [7, 11) is 1.82. The van der Waals surface area contributed by atoms with Gasteiger partial charge in [0, 0.05) is 31.1 Å². The van der Waals surface area contributed by atoms with Gasteiger partial charge in [-0.25, -0.2) is 4.98 Å². The van der Waals surface area contributed by atoms with E-state index in [9.17, 15) is 4.79 Å². The van der Waals surface area contributed by atoms with E-state index in [1.54, 1.807) is 17.0 Å². The number of rotatable bonds is 5. The summed E-state index contributed by atoms with van der Waals surface area (Å²) in [5.74, 6) is 0.637. The average molecular weight is 472 g/mol. The lowest BCUT2D eigenvalue weighted by atomic mass is 9.90. The third-order valence-corrected chi connectivity index (χ3v) is 5.42. The molecule has 0 saturated carbocycles. The van der Waals surface area contributed by atoms with E-state index >= 15 is 0 Å². The minimum absolute atomic E-state index is 0. The first-order valence-electron chi connectivity index (χ1n) is 9.39. The molecule has 0 bridgehead atoms. The highest BCUT2D eigenvalue weighted by Crippen LogP contribution is 2.29. The zero-order chi connectivity index (χ0) is 19.6. The fourth-order valence-electron chi connectivity index (χ4n) is 3.68. The van der Waals surface area contributed by atoms with Crippen LogP contribution in [0.1, 0.15) is 18.5 Å². The van der Waals surface area contributed by atoms with E-state index in [2.05, 4.69) is 10.3 Å². The third kappa shape index (κ3) is 5.01. The van der Waals surface area contributed by atoms with Gasteiger partial charge in [0.1, 0.15) is 11.4 Å². The molecule has 2 aromatic heterocycles. The number of nitrogens with one attached hydrogen (secondary N) is 1. The van der Waals surface area contributed by atoms with Gasteiger partial charge in [-0.2, -0.15) is 0 Å². The summed E-state index contributed by atoms with van der Waals surface area (Å²) in [5.41, 5.74) is 0.947. The molecule has 0 radical (unpaired) electrons. The van der Waals surface area contributed by atoms with Crippen molar-refractivity contribution in [1.29, 1.82) is 0 Å². The molecule has 0 atom stereocenters. The van der Waals surface area contributed by atoms with Crippen molar-refractivity contribution in [3.63, 3.8) is 0 Å². The van der Waals surface area contributed by atoms with Crippen molar-refractivity contribution in [2.24, 2.45) is 0 Å². The Morgan fingerprint density at radius 1 is 1.20 bits per heavy atom. The number of benzene rings is 1. The number of aromatic nitrogens is 2. The maximum absolute atomic E-state index is 13.5. The molecule has 1 amide bonds. The number of carbonyl (C=O) groups excluding carboxylic acids is 1. The Morgan fingerprint density at radius 3 is 2.60 bits per heavy atom. The molecule has 1 aliphatic heterocycles. The minimum atomic E-state index is -0.881. The molecule has 3 heterocycles. The van der Waals surface area contributed by atoms with E-state index in [1.807, 2.05) is 54.2 Å². The first-order valence-corrected chi connectivity index (χ1v) is 9.77. The van der Waals surface area contributed by atoms with E-state index in [0.717, 1.165) is 24.4 Å². The van der Waals surface area contributed by atoms with Gasteiger partial charge in [0.15, 0.2) is 5.60 Å². The molecule has 162 valence electrons. The number of hydrogen-bond acceptors (Lipinski definition) is 4. The van der Waals surface area contributed by atoms with E-state index in [0.29, 0.717) is 30.2 Å². The zero-order valence-electron chi connectivity index (χ0n) is 16.6. The summed E-state index contributed by atoms with van der Waals surface area (Å²) in [4.78, 5) is 19.6. The van der Waals surface area contributed by atoms with Crippen LogP contribution in [0.2, 0.25) is 5.02 Å². The summed E-state index contributed by atoms with van der Waals surface area (Å²) >= 11 is 5.98. The lowest BCUT2D eigenvalue weighted by Gasteiger charge is -2.39. The fraction of sp³-hybridized carbons (Fsp3) is 0.333.